The van der Waals surface area contributed by atoms with E-state index in [1.165, 1.54) is 6.07 Å². The number of hydrogen-bond donors (Lipinski definition) is 4. The summed E-state index contributed by atoms with van der Waals surface area (Å²) in [5.41, 5.74) is 13.8. The van der Waals surface area contributed by atoms with Crippen molar-refractivity contribution in [1.29, 1.82) is 0 Å². The molecule has 20 heavy (non-hydrogen) atoms. The van der Waals surface area contributed by atoms with Crippen LogP contribution in [-0.2, 0) is 13.1 Å². The lowest BCUT2D eigenvalue weighted by Gasteiger charge is -2.08. The molecule has 2 aromatic rings. The van der Waals surface area contributed by atoms with Crippen molar-refractivity contribution in [3.05, 3.63) is 59.2 Å². The number of nitrogen functional groups attached to an aromatic ring is 1. The van der Waals surface area contributed by atoms with E-state index in [1.54, 1.807) is 24.3 Å². The minimum absolute atomic E-state index is 0.0996. The van der Waals surface area contributed by atoms with E-state index in [-0.39, 0.29) is 18.2 Å². The molecule has 6 N–H and O–H groups in total. The molecule has 0 aliphatic heterocycles. The fraction of sp³-hybridized carbons (Fsp3) is 0.133. The summed E-state index contributed by atoms with van der Waals surface area (Å²) in [4.78, 5) is 12.0. The summed E-state index contributed by atoms with van der Waals surface area (Å²) < 4.78 is 0. The van der Waals surface area contributed by atoms with Crippen LogP contribution in [0.25, 0.3) is 0 Å². The van der Waals surface area contributed by atoms with E-state index >= 15 is 0 Å². The Morgan fingerprint density at radius 2 is 1.85 bits per heavy atom. The van der Waals surface area contributed by atoms with Crippen LogP contribution in [0.4, 0.5) is 5.69 Å². The first-order valence-electron chi connectivity index (χ1n) is 6.24. The number of anilines is 1. The predicted molar refractivity (Wildman–Crippen MR) is 78.0 cm³/mol. The zero-order valence-electron chi connectivity index (χ0n) is 11.0. The molecule has 0 unspecified atom stereocenters. The van der Waals surface area contributed by atoms with Crippen molar-refractivity contribution in [3.8, 4) is 5.75 Å². The van der Waals surface area contributed by atoms with Gasteiger partial charge in [0, 0.05) is 29.9 Å². The topological polar surface area (TPSA) is 101 Å². The first-order chi connectivity index (χ1) is 9.60. The molecule has 2 rings (SSSR count). The van der Waals surface area contributed by atoms with Crippen LogP contribution in [0.1, 0.15) is 21.5 Å². The number of nitrogens with one attached hydrogen (secondary N) is 1. The van der Waals surface area contributed by atoms with Gasteiger partial charge in [0.2, 0.25) is 0 Å². The van der Waals surface area contributed by atoms with Gasteiger partial charge in [0.25, 0.3) is 5.91 Å². The SMILES string of the molecule is NCc1cc(C(=O)NCc2ccc(N)cc2)ccc1O. The molecule has 0 saturated carbocycles. The van der Waals surface area contributed by atoms with Crippen LogP contribution in [0, 0.1) is 0 Å². The average molecular weight is 271 g/mol. The molecule has 0 bridgehead atoms. The monoisotopic (exact) mass is 271 g/mol. The van der Waals surface area contributed by atoms with Crippen molar-refractivity contribution >= 4 is 11.6 Å². The molecule has 0 saturated heterocycles. The van der Waals surface area contributed by atoms with E-state index in [0.29, 0.717) is 23.4 Å². The molecule has 0 aromatic heterocycles. The first kappa shape index (κ1) is 13.9. The Kier molecular flexibility index (Phi) is 4.22. The fourth-order valence-electron chi connectivity index (χ4n) is 1.81. The average Bonchev–Trinajstić information content (AvgIpc) is 2.47. The molecule has 0 atom stereocenters. The van der Waals surface area contributed by atoms with Gasteiger partial charge in [-0.05, 0) is 35.9 Å². The molecular formula is C15H17N3O2. The Labute approximate surface area is 117 Å². The first-order valence-corrected chi connectivity index (χ1v) is 6.24. The number of rotatable bonds is 4. The molecule has 0 aliphatic carbocycles. The van der Waals surface area contributed by atoms with E-state index in [0.717, 1.165) is 5.56 Å². The Hall–Kier alpha value is -2.53. The molecule has 0 fully saturated rings. The van der Waals surface area contributed by atoms with Gasteiger partial charge in [0.15, 0.2) is 0 Å². The van der Waals surface area contributed by atoms with E-state index in [1.807, 2.05) is 12.1 Å². The number of phenols is 1. The minimum Gasteiger partial charge on any atom is -0.508 e. The summed E-state index contributed by atoms with van der Waals surface area (Å²) in [6.07, 6.45) is 0. The number of phenolic OH excluding ortho intramolecular Hbond substituents is 1. The lowest BCUT2D eigenvalue weighted by atomic mass is 10.1. The van der Waals surface area contributed by atoms with Crippen LogP contribution in [0.2, 0.25) is 0 Å². The van der Waals surface area contributed by atoms with Gasteiger partial charge in [0.1, 0.15) is 5.75 Å². The maximum atomic E-state index is 12.0. The van der Waals surface area contributed by atoms with Gasteiger partial charge in [-0.2, -0.15) is 0 Å². The highest BCUT2D eigenvalue weighted by molar-refractivity contribution is 5.94. The molecule has 104 valence electrons. The Morgan fingerprint density at radius 1 is 1.15 bits per heavy atom. The fourth-order valence-corrected chi connectivity index (χ4v) is 1.81. The van der Waals surface area contributed by atoms with Gasteiger partial charge >= 0.3 is 0 Å². The molecule has 0 heterocycles. The van der Waals surface area contributed by atoms with E-state index in [2.05, 4.69) is 5.32 Å². The lowest BCUT2D eigenvalue weighted by molar-refractivity contribution is 0.0951. The molecule has 2 aromatic carbocycles. The van der Waals surface area contributed by atoms with Crippen molar-refractivity contribution in [2.45, 2.75) is 13.1 Å². The zero-order valence-corrected chi connectivity index (χ0v) is 11.0. The van der Waals surface area contributed by atoms with Crippen LogP contribution < -0.4 is 16.8 Å². The molecule has 1 amide bonds. The summed E-state index contributed by atoms with van der Waals surface area (Å²) in [5.74, 6) is -0.112. The normalized spacial score (nSPS) is 10.2. The molecule has 0 spiro atoms. The van der Waals surface area contributed by atoms with Gasteiger partial charge in [-0.3, -0.25) is 4.79 Å². The van der Waals surface area contributed by atoms with Crippen LogP contribution in [0.5, 0.6) is 5.75 Å². The summed E-state index contributed by atoms with van der Waals surface area (Å²) in [6.45, 7) is 0.600. The maximum absolute atomic E-state index is 12.0. The highest BCUT2D eigenvalue weighted by Crippen LogP contribution is 2.17. The van der Waals surface area contributed by atoms with Crippen LogP contribution >= 0.6 is 0 Å². The number of carbonyl (C=O) groups excluding carboxylic acids is 1. The van der Waals surface area contributed by atoms with E-state index in [9.17, 15) is 9.90 Å². The highest BCUT2D eigenvalue weighted by atomic mass is 16.3. The quantitative estimate of drug-likeness (QED) is 0.631. The number of carbonyl (C=O) groups is 1. The minimum atomic E-state index is -0.212. The molecule has 0 radical (unpaired) electrons. The third kappa shape index (κ3) is 3.27. The van der Waals surface area contributed by atoms with Crippen molar-refractivity contribution in [1.82, 2.24) is 5.32 Å². The van der Waals surface area contributed by atoms with E-state index in [4.69, 9.17) is 11.5 Å². The molecule has 0 aliphatic rings. The summed E-state index contributed by atoms with van der Waals surface area (Å²) in [7, 11) is 0. The second-order valence-electron chi connectivity index (χ2n) is 4.47. The van der Waals surface area contributed by atoms with Gasteiger partial charge in [-0.1, -0.05) is 12.1 Å². The van der Waals surface area contributed by atoms with Crippen molar-refractivity contribution < 1.29 is 9.90 Å². The largest absolute Gasteiger partial charge is 0.508 e. The van der Waals surface area contributed by atoms with E-state index < -0.39 is 0 Å². The van der Waals surface area contributed by atoms with Gasteiger partial charge < -0.3 is 21.9 Å². The second-order valence-corrected chi connectivity index (χ2v) is 4.47. The number of amides is 1. The number of nitrogens with two attached hydrogens (primary N) is 2. The van der Waals surface area contributed by atoms with Gasteiger partial charge in [-0.25, -0.2) is 0 Å². The Morgan fingerprint density at radius 3 is 2.50 bits per heavy atom. The highest BCUT2D eigenvalue weighted by Gasteiger charge is 2.08. The van der Waals surface area contributed by atoms with Crippen molar-refractivity contribution in [3.63, 3.8) is 0 Å². The number of aromatic hydroxyl groups is 1. The smallest absolute Gasteiger partial charge is 0.251 e. The summed E-state index contributed by atoms with van der Waals surface area (Å²) in [5, 5.41) is 12.3. The zero-order chi connectivity index (χ0) is 14.5. The Bertz CT molecular complexity index is 609. The molecular weight excluding hydrogens is 254 g/mol. The molecule has 5 heteroatoms. The standard InChI is InChI=1S/C15H17N3O2/c16-8-12-7-11(3-6-14(12)19)15(20)18-9-10-1-4-13(17)5-2-10/h1-7,19H,8-9,16-17H2,(H,18,20). The maximum Gasteiger partial charge on any atom is 0.251 e. The lowest BCUT2D eigenvalue weighted by Crippen LogP contribution is -2.23. The molecule has 5 nitrogen and oxygen atoms in total. The summed E-state index contributed by atoms with van der Waals surface area (Å²) >= 11 is 0. The number of hydrogen-bond acceptors (Lipinski definition) is 4. The van der Waals surface area contributed by atoms with Crippen molar-refractivity contribution in [2.75, 3.05) is 5.73 Å². The summed E-state index contributed by atoms with van der Waals surface area (Å²) in [6, 6.07) is 11.9. The third-order valence-electron chi connectivity index (χ3n) is 2.99. The Balaban J connectivity index is 2.03. The van der Waals surface area contributed by atoms with Crippen LogP contribution in [0.15, 0.2) is 42.5 Å². The van der Waals surface area contributed by atoms with Crippen LogP contribution in [0.3, 0.4) is 0 Å². The van der Waals surface area contributed by atoms with Gasteiger partial charge in [-0.15, -0.1) is 0 Å². The van der Waals surface area contributed by atoms with Gasteiger partial charge in [0.05, 0.1) is 0 Å². The van der Waals surface area contributed by atoms with Crippen molar-refractivity contribution in [2.24, 2.45) is 5.73 Å². The third-order valence-corrected chi connectivity index (χ3v) is 2.99. The van der Waals surface area contributed by atoms with Crippen LogP contribution in [-0.4, -0.2) is 11.0 Å². The second kappa shape index (κ2) is 6.08. The number of benzene rings is 2. The predicted octanol–water partition coefficient (Wildman–Crippen LogP) is 1.36.